The Morgan fingerprint density at radius 1 is 1.29 bits per heavy atom. The van der Waals surface area contributed by atoms with Gasteiger partial charge in [-0.3, -0.25) is 4.79 Å². The van der Waals surface area contributed by atoms with Gasteiger partial charge in [0.2, 0.25) is 5.91 Å². The highest BCUT2D eigenvalue weighted by atomic mass is 16.5. The molecule has 0 unspecified atom stereocenters. The summed E-state index contributed by atoms with van der Waals surface area (Å²) in [6.45, 7) is 1.45. The predicted octanol–water partition coefficient (Wildman–Crippen LogP) is 0.934. The van der Waals surface area contributed by atoms with E-state index in [-0.39, 0.29) is 5.91 Å². The van der Waals surface area contributed by atoms with Crippen molar-refractivity contribution in [2.75, 3.05) is 19.7 Å². The van der Waals surface area contributed by atoms with Gasteiger partial charge in [-0.2, -0.15) is 0 Å². The highest BCUT2D eigenvalue weighted by molar-refractivity contribution is 5.78. The maximum Gasteiger partial charge on any atom is 0.234 e. The Kier molecular flexibility index (Phi) is 4.38. The zero-order chi connectivity index (χ0) is 11.9. The van der Waals surface area contributed by atoms with Crippen LogP contribution in [0, 0.1) is 0 Å². The lowest BCUT2D eigenvalue weighted by Crippen LogP contribution is -2.36. The van der Waals surface area contributed by atoms with E-state index in [0.717, 1.165) is 5.75 Å². The molecule has 4 heteroatoms. The van der Waals surface area contributed by atoms with Crippen molar-refractivity contribution >= 4 is 5.91 Å². The molecule has 2 N–H and O–H groups in total. The number of benzene rings is 1. The normalized spacial score (nSPS) is 14.4. The molecule has 92 valence electrons. The van der Waals surface area contributed by atoms with Gasteiger partial charge >= 0.3 is 0 Å². The van der Waals surface area contributed by atoms with E-state index in [9.17, 15) is 4.79 Å². The summed E-state index contributed by atoms with van der Waals surface area (Å²) < 4.78 is 5.46. The number of carbonyl (C=O) groups excluding carboxylic acids is 1. The number of hydrogen-bond acceptors (Lipinski definition) is 3. The van der Waals surface area contributed by atoms with Crippen LogP contribution in [0.5, 0.6) is 5.75 Å². The van der Waals surface area contributed by atoms with Crippen LogP contribution in [0.1, 0.15) is 12.8 Å². The minimum absolute atomic E-state index is 0.0357. The Hall–Kier alpha value is -1.55. The molecule has 1 saturated carbocycles. The molecule has 4 nitrogen and oxygen atoms in total. The molecule has 1 aromatic carbocycles. The first kappa shape index (κ1) is 11.9. The molecule has 0 heterocycles. The number of carbonyl (C=O) groups is 1. The first-order valence-electron chi connectivity index (χ1n) is 6.02. The Balaban J connectivity index is 1.51. The summed E-state index contributed by atoms with van der Waals surface area (Å²) in [4.78, 5) is 11.4. The van der Waals surface area contributed by atoms with E-state index in [2.05, 4.69) is 10.6 Å². The second-order valence-electron chi connectivity index (χ2n) is 4.17. The fourth-order valence-electron chi connectivity index (χ4n) is 1.46. The summed E-state index contributed by atoms with van der Waals surface area (Å²) in [5.74, 6) is 0.867. The van der Waals surface area contributed by atoms with Crippen molar-refractivity contribution in [1.82, 2.24) is 10.6 Å². The second kappa shape index (κ2) is 6.25. The summed E-state index contributed by atoms with van der Waals surface area (Å²) in [5, 5.41) is 5.97. The average molecular weight is 234 g/mol. The summed E-state index contributed by atoms with van der Waals surface area (Å²) in [6.07, 6.45) is 2.40. The third-order valence-corrected chi connectivity index (χ3v) is 2.56. The third-order valence-electron chi connectivity index (χ3n) is 2.56. The van der Waals surface area contributed by atoms with Crippen molar-refractivity contribution < 1.29 is 9.53 Å². The molecule has 1 fully saturated rings. The number of nitrogens with one attached hydrogen (secondary N) is 2. The van der Waals surface area contributed by atoms with Crippen molar-refractivity contribution in [2.24, 2.45) is 0 Å². The molecule has 0 bridgehead atoms. The maximum atomic E-state index is 11.4. The molecule has 0 aromatic heterocycles. The van der Waals surface area contributed by atoms with E-state index < -0.39 is 0 Å². The van der Waals surface area contributed by atoms with Crippen LogP contribution in [-0.4, -0.2) is 31.6 Å². The molecule has 0 saturated heterocycles. The summed E-state index contributed by atoms with van der Waals surface area (Å²) in [7, 11) is 0. The molecule has 1 amide bonds. The Bertz CT molecular complexity index is 350. The maximum absolute atomic E-state index is 11.4. The van der Waals surface area contributed by atoms with Gasteiger partial charge in [-0.1, -0.05) is 18.2 Å². The molecular formula is C13H18N2O2. The molecule has 0 aliphatic heterocycles. The van der Waals surface area contributed by atoms with Crippen LogP contribution < -0.4 is 15.4 Å². The van der Waals surface area contributed by atoms with Gasteiger partial charge in [0.1, 0.15) is 12.4 Å². The topological polar surface area (TPSA) is 50.4 Å². The van der Waals surface area contributed by atoms with Gasteiger partial charge in [0.25, 0.3) is 0 Å². The predicted molar refractivity (Wildman–Crippen MR) is 66.0 cm³/mol. The number of hydrogen-bond donors (Lipinski definition) is 2. The Morgan fingerprint density at radius 3 is 2.76 bits per heavy atom. The van der Waals surface area contributed by atoms with Crippen molar-refractivity contribution in [3.63, 3.8) is 0 Å². The van der Waals surface area contributed by atoms with Crippen molar-refractivity contribution in [3.8, 4) is 5.75 Å². The highest BCUT2D eigenvalue weighted by Gasteiger charge is 2.20. The monoisotopic (exact) mass is 234 g/mol. The molecule has 0 atom stereocenters. The lowest BCUT2D eigenvalue weighted by molar-refractivity contribution is -0.120. The Morgan fingerprint density at radius 2 is 2.06 bits per heavy atom. The van der Waals surface area contributed by atoms with Crippen molar-refractivity contribution in [2.45, 2.75) is 18.9 Å². The van der Waals surface area contributed by atoms with Crippen LogP contribution in [0.4, 0.5) is 0 Å². The van der Waals surface area contributed by atoms with Crippen LogP contribution in [0.3, 0.4) is 0 Å². The third kappa shape index (κ3) is 4.87. The zero-order valence-corrected chi connectivity index (χ0v) is 9.82. The average Bonchev–Trinajstić information content (AvgIpc) is 3.17. The molecule has 0 radical (unpaired) electrons. The van der Waals surface area contributed by atoms with Gasteiger partial charge in [0, 0.05) is 6.04 Å². The minimum atomic E-state index is 0.0357. The SMILES string of the molecule is O=C(CNC1CC1)NCCOc1ccccc1. The quantitative estimate of drug-likeness (QED) is 0.690. The van der Waals surface area contributed by atoms with E-state index in [0.29, 0.717) is 25.7 Å². The van der Waals surface area contributed by atoms with Crippen LogP contribution >= 0.6 is 0 Å². The number of amides is 1. The minimum Gasteiger partial charge on any atom is -0.492 e. The van der Waals surface area contributed by atoms with Crippen molar-refractivity contribution in [3.05, 3.63) is 30.3 Å². The number of ether oxygens (including phenoxy) is 1. The van der Waals surface area contributed by atoms with Gasteiger partial charge in [0.15, 0.2) is 0 Å². The fraction of sp³-hybridized carbons (Fsp3) is 0.462. The molecule has 1 aliphatic carbocycles. The smallest absolute Gasteiger partial charge is 0.234 e. The first-order valence-corrected chi connectivity index (χ1v) is 6.02. The van der Waals surface area contributed by atoms with E-state index in [4.69, 9.17) is 4.74 Å². The largest absolute Gasteiger partial charge is 0.492 e. The van der Waals surface area contributed by atoms with Crippen LogP contribution in [0.25, 0.3) is 0 Å². The van der Waals surface area contributed by atoms with E-state index in [1.165, 1.54) is 12.8 Å². The van der Waals surface area contributed by atoms with E-state index in [1.54, 1.807) is 0 Å². The molecule has 17 heavy (non-hydrogen) atoms. The first-order chi connectivity index (χ1) is 8.34. The van der Waals surface area contributed by atoms with Crippen LogP contribution in [0.2, 0.25) is 0 Å². The summed E-state index contributed by atoms with van der Waals surface area (Å²) in [5.41, 5.74) is 0. The van der Waals surface area contributed by atoms with Crippen molar-refractivity contribution in [1.29, 1.82) is 0 Å². The van der Waals surface area contributed by atoms with Gasteiger partial charge in [0.05, 0.1) is 13.1 Å². The number of para-hydroxylation sites is 1. The zero-order valence-electron chi connectivity index (χ0n) is 9.82. The Labute approximate surface area is 101 Å². The molecule has 0 spiro atoms. The van der Waals surface area contributed by atoms with Gasteiger partial charge < -0.3 is 15.4 Å². The lowest BCUT2D eigenvalue weighted by Gasteiger charge is -2.07. The summed E-state index contributed by atoms with van der Waals surface area (Å²) in [6, 6.07) is 10.2. The van der Waals surface area contributed by atoms with E-state index in [1.807, 2.05) is 30.3 Å². The molecular weight excluding hydrogens is 216 g/mol. The summed E-state index contributed by atoms with van der Waals surface area (Å²) >= 11 is 0. The highest BCUT2D eigenvalue weighted by Crippen LogP contribution is 2.17. The van der Waals surface area contributed by atoms with Crippen LogP contribution in [-0.2, 0) is 4.79 Å². The fourth-order valence-corrected chi connectivity index (χ4v) is 1.46. The molecule has 2 rings (SSSR count). The van der Waals surface area contributed by atoms with Gasteiger partial charge in [-0.15, -0.1) is 0 Å². The molecule has 1 aromatic rings. The van der Waals surface area contributed by atoms with Crippen LogP contribution in [0.15, 0.2) is 30.3 Å². The lowest BCUT2D eigenvalue weighted by atomic mass is 10.3. The molecule has 1 aliphatic rings. The number of rotatable bonds is 7. The second-order valence-corrected chi connectivity index (χ2v) is 4.17. The van der Waals surface area contributed by atoms with Gasteiger partial charge in [-0.05, 0) is 25.0 Å². The van der Waals surface area contributed by atoms with Gasteiger partial charge in [-0.25, -0.2) is 0 Å². The standard InChI is InChI=1S/C13H18N2O2/c16-13(10-15-11-6-7-11)14-8-9-17-12-4-2-1-3-5-12/h1-5,11,15H,6-10H2,(H,14,16). The van der Waals surface area contributed by atoms with E-state index >= 15 is 0 Å².